The number of fused-ring (bicyclic) bond motifs is 1. The van der Waals surface area contributed by atoms with Crippen molar-refractivity contribution in [2.75, 3.05) is 23.5 Å². The summed E-state index contributed by atoms with van der Waals surface area (Å²) in [5.41, 5.74) is 7.92. The molecule has 0 saturated heterocycles. The Kier molecular flexibility index (Phi) is 4.38. The number of methoxy groups -OCH3 is 1. The minimum Gasteiger partial charge on any atom is -0.497 e. The van der Waals surface area contributed by atoms with Crippen LogP contribution in [0.4, 0.5) is 22.0 Å². The van der Waals surface area contributed by atoms with E-state index in [0.29, 0.717) is 33.6 Å². The summed E-state index contributed by atoms with van der Waals surface area (Å²) in [5.74, 6) is 0.942. The number of anilines is 3. The smallest absolute Gasteiger partial charge is 0.323 e. The molecule has 2 aromatic carbocycles. The van der Waals surface area contributed by atoms with Gasteiger partial charge >= 0.3 is 6.03 Å². The number of carbonyl (C=O) groups excluding carboxylic acids is 1. The van der Waals surface area contributed by atoms with Gasteiger partial charge in [-0.2, -0.15) is 0 Å². The molecule has 29 heavy (non-hydrogen) atoms. The summed E-state index contributed by atoms with van der Waals surface area (Å²) in [6.07, 6.45) is 3.12. The fourth-order valence-corrected chi connectivity index (χ4v) is 2.99. The largest absolute Gasteiger partial charge is 0.497 e. The summed E-state index contributed by atoms with van der Waals surface area (Å²) in [7, 11) is 1.58. The minimum absolute atomic E-state index is 0.246. The molecule has 0 atom stereocenters. The van der Waals surface area contributed by atoms with E-state index in [4.69, 9.17) is 13.2 Å². The number of ether oxygens (including phenoxy) is 1. The van der Waals surface area contributed by atoms with Crippen molar-refractivity contribution in [3.63, 3.8) is 0 Å². The lowest BCUT2D eigenvalue weighted by Gasteiger charge is -2.10. The standard InChI is InChI=1S/C22H21N5O2/c1-29-17-7-5-16(6-8-17)25-22(28)26-19-3-2-4-20-18(19)10-12-27(20)14-15-9-11-24-21(23)13-15/h2-13H,14H2,1H3,(H2,23,24)(H2,25,26,28)/i14D2. The van der Waals surface area contributed by atoms with Crippen molar-refractivity contribution < 1.29 is 12.3 Å². The summed E-state index contributed by atoms with van der Waals surface area (Å²) in [5, 5.41) is 6.30. The van der Waals surface area contributed by atoms with Crippen LogP contribution in [0.1, 0.15) is 8.30 Å². The van der Waals surface area contributed by atoms with Gasteiger partial charge in [0.2, 0.25) is 0 Å². The third kappa shape index (κ3) is 4.14. The second-order valence-corrected chi connectivity index (χ2v) is 6.31. The normalized spacial score (nSPS) is 12.2. The van der Waals surface area contributed by atoms with Crippen LogP contribution in [0.5, 0.6) is 5.75 Å². The van der Waals surface area contributed by atoms with Crippen LogP contribution < -0.4 is 21.1 Å². The SMILES string of the molecule is [2H]C([2H])(c1ccnc(N)c1)n1ccc2c(NC(=O)Nc3ccc(OC)cc3)cccc21. The van der Waals surface area contributed by atoms with Crippen LogP contribution in [0.2, 0.25) is 0 Å². The fraction of sp³-hybridized carbons (Fsp3) is 0.0909. The lowest BCUT2D eigenvalue weighted by Crippen LogP contribution is -2.19. The molecular weight excluding hydrogens is 366 g/mol. The lowest BCUT2D eigenvalue weighted by atomic mass is 10.2. The molecule has 4 rings (SSSR count). The molecule has 0 aliphatic rings. The number of urea groups is 1. The van der Waals surface area contributed by atoms with Crippen molar-refractivity contribution in [1.82, 2.24) is 9.55 Å². The number of nitrogens with zero attached hydrogens (tertiary/aromatic N) is 2. The molecule has 4 N–H and O–H groups in total. The molecule has 7 heteroatoms. The molecule has 0 fully saturated rings. The van der Waals surface area contributed by atoms with E-state index in [1.807, 2.05) is 0 Å². The fourth-order valence-electron chi connectivity index (χ4n) is 2.99. The van der Waals surface area contributed by atoms with Gasteiger partial charge < -0.3 is 25.7 Å². The number of rotatable bonds is 5. The van der Waals surface area contributed by atoms with Crippen LogP contribution in [0.3, 0.4) is 0 Å². The monoisotopic (exact) mass is 389 g/mol. The summed E-state index contributed by atoms with van der Waals surface area (Å²) in [6.45, 7) is -1.86. The van der Waals surface area contributed by atoms with Crippen molar-refractivity contribution in [3.8, 4) is 5.75 Å². The molecule has 4 aromatic rings. The Balaban J connectivity index is 1.60. The molecule has 0 bridgehead atoms. The van der Waals surface area contributed by atoms with Crippen molar-refractivity contribution in [2.45, 2.75) is 6.50 Å². The molecule has 0 unspecified atom stereocenters. The maximum atomic E-state index is 12.5. The third-order valence-electron chi connectivity index (χ3n) is 4.36. The molecular formula is C22H21N5O2. The van der Waals surface area contributed by atoms with E-state index in [0.717, 1.165) is 0 Å². The molecule has 2 heterocycles. The van der Waals surface area contributed by atoms with Crippen molar-refractivity contribution in [2.24, 2.45) is 0 Å². The number of nitrogens with one attached hydrogen (secondary N) is 2. The van der Waals surface area contributed by atoms with E-state index >= 15 is 0 Å². The van der Waals surface area contributed by atoms with E-state index in [1.54, 1.807) is 67.9 Å². The molecule has 2 aromatic heterocycles. The summed E-state index contributed by atoms with van der Waals surface area (Å²) in [6, 6.07) is 16.8. The van der Waals surface area contributed by atoms with E-state index in [2.05, 4.69) is 15.6 Å². The predicted octanol–water partition coefficient (Wildman–Crippen LogP) is 4.32. The van der Waals surface area contributed by atoms with Crippen LogP contribution >= 0.6 is 0 Å². The van der Waals surface area contributed by atoms with E-state index in [9.17, 15) is 4.79 Å². The van der Waals surface area contributed by atoms with Gasteiger partial charge in [-0.1, -0.05) is 6.07 Å². The number of nitrogen functional groups attached to an aromatic ring is 1. The number of aromatic nitrogens is 2. The number of nitrogens with two attached hydrogens (primary N) is 1. The van der Waals surface area contributed by atoms with Crippen LogP contribution in [0, 0.1) is 0 Å². The third-order valence-corrected chi connectivity index (χ3v) is 4.36. The van der Waals surface area contributed by atoms with Gasteiger partial charge in [-0.15, -0.1) is 0 Å². The average Bonchev–Trinajstić information content (AvgIpc) is 3.20. The number of hydrogen-bond acceptors (Lipinski definition) is 4. The highest BCUT2D eigenvalue weighted by molar-refractivity contribution is 6.05. The lowest BCUT2D eigenvalue weighted by molar-refractivity contribution is 0.262. The van der Waals surface area contributed by atoms with Crippen molar-refractivity contribution in [3.05, 3.63) is 78.6 Å². The molecule has 0 aliphatic heterocycles. The topological polar surface area (TPSA) is 94.2 Å². The van der Waals surface area contributed by atoms with Gasteiger partial charge in [0.15, 0.2) is 0 Å². The molecule has 7 nitrogen and oxygen atoms in total. The Morgan fingerprint density at radius 2 is 2.00 bits per heavy atom. The number of benzene rings is 2. The zero-order valence-electron chi connectivity index (χ0n) is 17.7. The van der Waals surface area contributed by atoms with Crippen molar-refractivity contribution in [1.29, 1.82) is 0 Å². The Hall–Kier alpha value is -4.00. The Morgan fingerprint density at radius 3 is 2.76 bits per heavy atom. The zero-order valence-corrected chi connectivity index (χ0v) is 15.7. The van der Waals surface area contributed by atoms with Crippen LogP contribution in [-0.4, -0.2) is 22.7 Å². The summed E-state index contributed by atoms with van der Waals surface area (Å²) in [4.78, 5) is 16.4. The van der Waals surface area contributed by atoms with Crippen LogP contribution in [0.15, 0.2) is 73.1 Å². The van der Waals surface area contributed by atoms with Gasteiger partial charge in [0, 0.05) is 30.0 Å². The van der Waals surface area contributed by atoms with E-state index in [1.165, 1.54) is 16.8 Å². The second kappa shape index (κ2) is 7.93. The molecule has 0 aliphatic carbocycles. The van der Waals surface area contributed by atoms with Gasteiger partial charge in [-0.05, 0) is 60.2 Å². The molecule has 146 valence electrons. The average molecular weight is 389 g/mol. The number of amides is 2. The quantitative estimate of drug-likeness (QED) is 0.474. The summed E-state index contributed by atoms with van der Waals surface area (Å²) >= 11 is 0. The highest BCUT2D eigenvalue weighted by atomic mass is 16.5. The van der Waals surface area contributed by atoms with Crippen LogP contribution in [0.25, 0.3) is 10.9 Å². The predicted molar refractivity (Wildman–Crippen MR) is 115 cm³/mol. The number of pyridine rings is 1. The zero-order chi connectivity index (χ0) is 22.0. The van der Waals surface area contributed by atoms with Gasteiger partial charge in [-0.3, -0.25) is 0 Å². The van der Waals surface area contributed by atoms with Gasteiger partial charge in [0.05, 0.1) is 21.1 Å². The highest BCUT2D eigenvalue weighted by Gasteiger charge is 2.09. The summed E-state index contributed by atoms with van der Waals surface area (Å²) < 4.78 is 23.9. The molecule has 0 spiro atoms. The first-order chi connectivity index (χ1) is 14.9. The van der Waals surface area contributed by atoms with E-state index < -0.39 is 12.5 Å². The minimum atomic E-state index is -1.86. The second-order valence-electron chi connectivity index (χ2n) is 6.31. The first-order valence-electron chi connectivity index (χ1n) is 9.93. The van der Waals surface area contributed by atoms with Crippen molar-refractivity contribution >= 4 is 34.1 Å². The highest BCUT2D eigenvalue weighted by Crippen LogP contribution is 2.26. The molecule has 0 radical (unpaired) electrons. The Labute approximate surface area is 170 Å². The van der Waals surface area contributed by atoms with Gasteiger partial charge in [-0.25, -0.2) is 9.78 Å². The van der Waals surface area contributed by atoms with Gasteiger partial charge in [0.1, 0.15) is 11.6 Å². The number of hydrogen-bond donors (Lipinski definition) is 3. The first-order valence-corrected chi connectivity index (χ1v) is 8.93. The van der Waals surface area contributed by atoms with Crippen LogP contribution in [-0.2, 0) is 6.50 Å². The molecule has 2 amide bonds. The maximum Gasteiger partial charge on any atom is 0.323 e. The Morgan fingerprint density at radius 1 is 1.17 bits per heavy atom. The van der Waals surface area contributed by atoms with E-state index in [-0.39, 0.29) is 5.82 Å². The Bertz CT molecular complexity index is 1240. The first kappa shape index (κ1) is 16.0. The van der Waals surface area contributed by atoms with Gasteiger partial charge in [0.25, 0.3) is 0 Å². The number of carbonyl (C=O) groups is 1. The molecule has 0 saturated carbocycles. The maximum absolute atomic E-state index is 12.5.